The van der Waals surface area contributed by atoms with Crippen LogP contribution in [0.3, 0.4) is 0 Å². The maximum Gasteiger partial charge on any atom is 0.265 e. The third kappa shape index (κ3) is 7.32. The van der Waals surface area contributed by atoms with Gasteiger partial charge in [0.1, 0.15) is 12.3 Å². The maximum atomic E-state index is 14.0. The average molecular weight is 600 g/mol. The molecule has 3 aromatic carbocycles. The smallest absolute Gasteiger partial charge is 0.265 e. The van der Waals surface area contributed by atoms with Gasteiger partial charge in [-0.1, -0.05) is 54.1 Å². The molecule has 0 aromatic heterocycles. The Labute approximate surface area is 246 Å². The second kappa shape index (κ2) is 13.8. The van der Waals surface area contributed by atoms with Crippen LogP contribution in [-0.4, -0.2) is 84.7 Å². The summed E-state index contributed by atoms with van der Waals surface area (Å²) in [5.41, 5.74) is 1.29. The van der Waals surface area contributed by atoms with Gasteiger partial charge in [0.2, 0.25) is 5.91 Å². The number of hydrogen-bond donors (Lipinski definition) is 0. The lowest BCUT2D eigenvalue weighted by molar-refractivity contribution is -0.131. The summed E-state index contributed by atoms with van der Waals surface area (Å²) < 4.78 is 45.1. The Bertz CT molecular complexity index is 1470. The molecule has 0 spiro atoms. The summed E-state index contributed by atoms with van der Waals surface area (Å²) in [6.07, 6.45) is 4.18. The van der Waals surface area contributed by atoms with Crippen LogP contribution < -0.4 is 18.5 Å². The normalized spacial score (nSPS) is 14.2. The van der Waals surface area contributed by atoms with Crippen molar-refractivity contribution in [2.24, 2.45) is 0 Å². The number of carbonyl (C=O) groups excluding carboxylic acids is 1. The minimum atomic E-state index is -4.25. The summed E-state index contributed by atoms with van der Waals surface area (Å²) in [5.74, 6) is 0.568. The first kappa shape index (κ1) is 30.2. The number of nitrogens with zero attached hydrogens (tertiary/aromatic N) is 3. The molecule has 0 aliphatic carbocycles. The van der Waals surface area contributed by atoms with E-state index in [2.05, 4.69) is 17.1 Å². The van der Waals surface area contributed by atoms with E-state index in [1.807, 2.05) is 30.3 Å². The molecular formula is C30H34ClN3O6S. The first-order valence-electron chi connectivity index (χ1n) is 13.1. The molecule has 0 bridgehead atoms. The first-order valence-corrected chi connectivity index (χ1v) is 14.9. The van der Waals surface area contributed by atoms with Crippen LogP contribution in [0.25, 0.3) is 6.08 Å². The fraction of sp³-hybridized carbons (Fsp3) is 0.300. The summed E-state index contributed by atoms with van der Waals surface area (Å²) in [4.78, 5) is 17.4. The molecule has 1 aliphatic heterocycles. The van der Waals surface area contributed by atoms with Crippen LogP contribution in [0, 0.1) is 0 Å². The van der Waals surface area contributed by atoms with Gasteiger partial charge in [0.25, 0.3) is 10.0 Å². The molecular weight excluding hydrogens is 566 g/mol. The Hall–Kier alpha value is -3.73. The van der Waals surface area contributed by atoms with Crippen molar-refractivity contribution >= 4 is 39.3 Å². The number of benzene rings is 3. The van der Waals surface area contributed by atoms with Gasteiger partial charge >= 0.3 is 0 Å². The van der Waals surface area contributed by atoms with Gasteiger partial charge in [-0.3, -0.25) is 14.0 Å². The number of sulfonamides is 1. The molecule has 1 heterocycles. The van der Waals surface area contributed by atoms with Crippen LogP contribution in [0.1, 0.15) is 5.56 Å². The number of carbonyl (C=O) groups is 1. The van der Waals surface area contributed by atoms with Crippen LogP contribution in [0.2, 0.25) is 5.02 Å². The van der Waals surface area contributed by atoms with E-state index < -0.39 is 16.6 Å². The number of halogens is 1. The highest BCUT2D eigenvalue weighted by Gasteiger charge is 2.32. The monoisotopic (exact) mass is 599 g/mol. The standard InChI is InChI=1S/C30H34ClN3O6S/c1-38-27-13-11-24(31)20-26(27)34(41(36,37)25-12-14-28(39-2)29(21-25)40-3)22-30(35)33-18-16-32(17-19-33)15-7-10-23-8-5-4-6-9-23/h4-14,20-21H,15-19,22H2,1-3H3/b10-7+. The molecule has 0 unspecified atom stereocenters. The fourth-order valence-electron chi connectivity index (χ4n) is 4.57. The van der Waals surface area contributed by atoms with E-state index in [0.29, 0.717) is 37.0 Å². The Morgan fingerprint density at radius 3 is 2.20 bits per heavy atom. The molecule has 0 N–H and O–H groups in total. The Kier molecular flexibility index (Phi) is 10.1. The van der Waals surface area contributed by atoms with Crippen molar-refractivity contribution in [3.05, 3.63) is 83.4 Å². The molecule has 0 radical (unpaired) electrons. The van der Waals surface area contributed by atoms with Gasteiger partial charge in [0.15, 0.2) is 11.5 Å². The number of anilines is 1. The van der Waals surface area contributed by atoms with Gasteiger partial charge < -0.3 is 19.1 Å². The van der Waals surface area contributed by atoms with Crippen LogP contribution >= 0.6 is 11.6 Å². The summed E-state index contributed by atoms with van der Waals surface area (Å²) >= 11 is 6.26. The lowest BCUT2D eigenvalue weighted by Crippen LogP contribution is -2.51. The molecule has 41 heavy (non-hydrogen) atoms. The Balaban J connectivity index is 1.54. The fourth-order valence-corrected chi connectivity index (χ4v) is 6.17. The summed E-state index contributed by atoms with van der Waals surface area (Å²) in [7, 11) is 0.0686. The number of ether oxygens (including phenoxy) is 3. The summed E-state index contributed by atoms with van der Waals surface area (Å²) in [6.45, 7) is 2.64. The lowest BCUT2D eigenvalue weighted by Gasteiger charge is -2.35. The second-order valence-electron chi connectivity index (χ2n) is 9.34. The Morgan fingerprint density at radius 2 is 1.54 bits per heavy atom. The van der Waals surface area contributed by atoms with E-state index in [1.54, 1.807) is 17.0 Å². The zero-order valence-electron chi connectivity index (χ0n) is 23.3. The van der Waals surface area contributed by atoms with Gasteiger partial charge in [-0.2, -0.15) is 0 Å². The molecule has 218 valence electrons. The summed E-state index contributed by atoms with van der Waals surface area (Å²) in [6, 6.07) is 19.0. The molecule has 0 atom stereocenters. The average Bonchev–Trinajstić information content (AvgIpc) is 3.00. The number of hydrogen-bond acceptors (Lipinski definition) is 7. The van der Waals surface area contributed by atoms with Gasteiger partial charge in [0.05, 0.1) is 31.9 Å². The highest BCUT2D eigenvalue weighted by atomic mass is 35.5. The van der Waals surface area contributed by atoms with E-state index in [4.69, 9.17) is 25.8 Å². The van der Waals surface area contributed by atoms with E-state index >= 15 is 0 Å². The molecule has 0 saturated carbocycles. The molecule has 1 saturated heterocycles. The molecule has 9 nitrogen and oxygen atoms in total. The van der Waals surface area contributed by atoms with Crippen molar-refractivity contribution in [1.29, 1.82) is 0 Å². The lowest BCUT2D eigenvalue weighted by atomic mass is 10.2. The number of amides is 1. The zero-order valence-corrected chi connectivity index (χ0v) is 24.9. The molecule has 1 fully saturated rings. The minimum Gasteiger partial charge on any atom is -0.495 e. The molecule has 11 heteroatoms. The number of rotatable bonds is 11. The van der Waals surface area contributed by atoms with Crippen molar-refractivity contribution in [3.8, 4) is 17.2 Å². The molecule has 1 amide bonds. The largest absolute Gasteiger partial charge is 0.495 e. The molecule has 4 rings (SSSR count). The third-order valence-electron chi connectivity index (χ3n) is 6.83. The van der Waals surface area contributed by atoms with Gasteiger partial charge in [-0.05, 0) is 35.9 Å². The quantitative estimate of drug-likeness (QED) is 0.322. The highest BCUT2D eigenvalue weighted by Crippen LogP contribution is 2.37. The topological polar surface area (TPSA) is 88.6 Å². The molecule has 3 aromatic rings. The first-order chi connectivity index (χ1) is 19.8. The van der Waals surface area contributed by atoms with E-state index in [-0.39, 0.29) is 28.0 Å². The predicted molar refractivity (Wildman–Crippen MR) is 161 cm³/mol. The highest BCUT2D eigenvalue weighted by molar-refractivity contribution is 7.92. The van der Waals surface area contributed by atoms with Crippen molar-refractivity contribution < 1.29 is 27.4 Å². The van der Waals surface area contributed by atoms with Crippen molar-refractivity contribution in [3.63, 3.8) is 0 Å². The Morgan fingerprint density at radius 1 is 0.878 bits per heavy atom. The second-order valence-corrected chi connectivity index (χ2v) is 11.6. The van der Waals surface area contributed by atoms with Crippen molar-refractivity contribution in [1.82, 2.24) is 9.80 Å². The van der Waals surface area contributed by atoms with E-state index in [9.17, 15) is 13.2 Å². The minimum absolute atomic E-state index is 0.0694. The zero-order chi connectivity index (χ0) is 29.4. The van der Waals surface area contributed by atoms with Gasteiger partial charge in [-0.25, -0.2) is 8.42 Å². The van der Waals surface area contributed by atoms with Crippen LogP contribution in [0.4, 0.5) is 5.69 Å². The van der Waals surface area contributed by atoms with Crippen molar-refractivity contribution in [2.45, 2.75) is 4.90 Å². The van der Waals surface area contributed by atoms with Crippen LogP contribution in [0.15, 0.2) is 77.7 Å². The number of piperazine rings is 1. The van der Waals surface area contributed by atoms with Crippen LogP contribution in [0.5, 0.6) is 17.2 Å². The van der Waals surface area contributed by atoms with Crippen molar-refractivity contribution in [2.75, 3.05) is 64.9 Å². The molecule has 1 aliphatic rings. The summed E-state index contributed by atoms with van der Waals surface area (Å²) in [5, 5.41) is 0.304. The van der Waals surface area contributed by atoms with Gasteiger partial charge in [-0.15, -0.1) is 0 Å². The van der Waals surface area contributed by atoms with Crippen LogP contribution in [-0.2, 0) is 14.8 Å². The van der Waals surface area contributed by atoms with Gasteiger partial charge in [0, 0.05) is 43.8 Å². The number of methoxy groups -OCH3 is 3. The predicted octanol–water partition coefficient (Wildman–Crippen LogP) is 4.42. The maximum absolute atomic E-state index is 14.0. The van der Waals surface area contributed by atoms with E-state index in [0.717, 1.165) is 16.4 Å². The SMILES string of the molecule is COc1ccc(S(=O)(=O)N(CC(=O)N2CCN(C/C=C/c3ccccc3)CC2)c2cc(Cl)ccc2OC)cc1OC. The van der Waals surface area contributed by atoms with E-state index in [1.165, 1.54) is 45.6 Å². The third-order valence-corrected chi connectivity index (χ3v) is 8.82.